The van der Waals surface area contributed by atoms with Gasteiger partial charge in [-0.3, -0.25) is 28.8 Å². The second-order valence-corrected chi connectivity index (χ2v) is 10.8. The summed E-state index contributed by atoms with van der Waals surface area (Å²) >= 11 is 0. The van der Waals surface area contributed by atoms with Crippen LogP contribution in [0, 0.1) is 35.5 Å². The number of phenols is 1. The maximum Gasteiger partial charge on any atom is 0.235 e. The van der Waals surface area contributed by atoms with Gasteiger partial charge in [-0.05, 0) is 42.2 Å². The van der Waals surface area contributed by atoms with Gasteiger partial charge < -0.3 is 21.3 Å². The highest BCUT2D eigenvalue weighted by molar-refractivity contribution is 6.31. The lowest BCUT2D eigenvalue weighted by atomic mass is 9.49. The first kappa shape index (κ1) is 26.7. The number of aryl methyl sites for hydroxylation is 1. The predicted molar refractivity (Wildman–Crippen MR) is 129 cm³/mol. The number of phenolic OH excluding ortho intramolecular Hbond substituents is 1. The van der Waals surface area contributed by atoms with Gasteiger partial charge in [0, 0.05) is 30.9 Å². The summed E-state index contributed by atoms with van der Waals surface area (Å²) in [6.07, 6.45) is 0.794. The molecule has 1 aromatic carbocycles. The Morgan fingerprint density at radius 1 is 1.16 bits per heavy atom. The van der Waals surface area contributed by atoms with E-state index in [9.17, 15) is 39.0 Å². The van der Waals surface area contributed by atoms with E-state index in [2.05, 4.69) is 5.32 Å². The van der Waals surface area contributed by atoms with E-state index in [4.69, 9.17) is 5.73 Å². The van der Waals surface area contributed by atoms with Crippen molar-refractivity contribution < 1.29 is 39.0 Å². The molecule has 2 saturated carbocycles. The number of benzene rings is 1. The number of amides is 2. The summed E-state index contributed by atoms with van der Waals surface area (Å²) in [4.78, 5) is 77.6. The molecule has 2 amide bonds. The van der Waals surface area contributed by atoms with Crippen LogP contribution in [0.25, 0.3) is 0 Å². The van der Waals surface area contributed by atoms with E-state index in [1.807, 2.05) is 6.92 Å². The third kappa shape index (κ3) is 3.80. The number of fused-ring (bicyclic) bond motifs is 3. The average Bonchev–Trinajstić information content (AvgIpc) is 2.80. The number of aliphatic hydroxyl groups is 1. The Bertz CT molecular complexity index is 1250. The molecular weight excluding hydrogens is 480 g/mol. The molecule has 0 spiro atoms. The standard InChI is InChI=1S/C27H32N2O8/c1-5-12-6-14(9-29-11(4)30)21(31)19-15(12)7-13-8-16-17(10(2)3)22(32)20(26(28)36)25(35)27(16,37)24(34)18(13)23(19)33/h6,10,13,16-18,20,31,37H,5,7-9H2,1-4H3,(H2,28,36)(H,29,30)/t13-,16-,17-,18?,20?,27-/m0/s1. The Labute approximate surface area is 214 Å². The van der Waals surface area contributed by atoms with Crippen molar-refractivity contribution in [3.8, 4) is 5.75 Å². The van der Waals surface area contributed by atoms with Crippen LogP contribution >= 0.6 is 0 Å². The lowest BCUT2D eigenvalue weighted by Crippen LogP contribution is -2.71. The second-order valence-electron chi connectivity index (χ2n) is 10.8. The predicted octanol–water partition coefficient (Wildman–Crippen LogP) is 0.408. The number of rotatable bonds is 5. The summed E-state index contributed by atoms with van der Waals surface area (Å²) in [5.74, 6) is -12.1. The Morgan fingerprint density at radius 3 is 2.35 bits per heavy atom. The van der Waals surface area contributed by atoms with Crippen molar-refractivity contribution in [3.05, 3.63) is 28.3 Å². The molecule has 6 atom stereocenters. The van der Waals surface area contributed by atoms with Gasteiger partial charge in [-0.15, -0.1) is 0 Å². The second kappa shape index (κ2) is 9.16. The van der Waals surface area contributed by atoms with Gasteiger partial charge in [-0.1, -0.05) is 26.8 Å². The van der Waals surface area contributed by atoms with Crippen LogP contribution in [0.15, 0.2) is 6.07 Å². The minimum atomic E-state index is -2.71. The molecule has 0 saturated heterocycles. The number of nitrogens with one attached hydrogen (secondary N) is 1. The number of Topliss-reactive ketones (excluding diaryl/α,β-unsaturated/α-hetero) is 4. The Kier molecular flexibility index (Phi) is 6.60. The molecule has 4 rings (SSSR count). The van der Waals surface area contributed by atoms with Crippen molar-refractivity contribution in [2.45, 2.75) is 59.1 Å². The highest BCUT2D eigenvalue weighted by atomic mass is 16.3. The number of primary amides is 1. The summed E-state index contributed by atoms with van der Waals surface area (Å²) in [6, 6.07) is 1.72. The molecule has 3 aliphatic rings. The smallest absolute Gasteiger partial charge is 0.235 e. The number of hydrogen-bond donors (Lipinski definition) is 4. The first-order chi connectivity index (χ1) is 17.3. The Balaban J connectivity index is 1.86. The van der Waals surface area contributed by atoms with E-state index < -0.39 is 70.1 Å². The van der Waals surface area contributed by atoms with Crippen molar-refractivity contribution in [3.63, 3.8) is 0 Å². The highest BCUT2D eigenvalue weighted by Crippen LogP contribution is 2.53. The van der Waals surface area contributed by atoms with Crippen molar-refractivity contribution in [1.82, 2.24) is 5.32 Å². The molecule has 0 heterocycles. The molecule has 10 heteroatoms. The number of aromatic hydroxyl groups is 1. The molecule has 2 fully saturated rings. The Hall–Kier alpha value is -3.40. The maximum atomic E-state index is 13.9. The van der Waals surface area contributed by atoms with Crippen molar-refractivity contribution in [1.29, 1.82) is 0 Å². The number of hydrogen-bond acceptors (Lipinski definition) is 8. The number of carbonyl (C=O) groups is 6. The fraction of sp³-hybridized carbons (Fsp3) is 0.556. The molecule has 2 unspecified atom stereocenters. The van der Waals surface area contributed by atoms with Gasteiger partial charge in [0.1, 0.15) is 5.75 Å². The molecular formula is C27H32N2O8. The molecule has 0 aliphatic heterocycles. The van der Waals surface area contributed by atoms with E-state index in [1.54, 1.807) is 19.9 Å². The lowest BCUT2D eigenvalue weighted by molar-refractivity contribution is -0.182. The number of nitrogens with two attached hydrogens (primary N) is 1. The van der Waals surface area contributed by atoms with Crippen LogP contribution in [-0.4, -0.2) is 50.8 Å². The fourth-order valence-corrected chi connectivity index (χ4v) is 6.73. The summed E-state index contributed by atoms with van der Waals surface area (Å²) in [5, 5.41) is 25.2. The van der Waals surface area contributed by atoms with E-state index in [0.717, 1.165) is 5.56 Å². The van der Waals surface area contributed by atoms with Crippen LogP contribution in [0.1, 0.15) is 61.2 Å². The van der Waals surface area contributed by atoms with Crippen molar-refractivity contribution in [2.75, 3.05) is 0 Å². The highest BCUT2D eigenvalue weighted by Gasteiger charge is 2.69. The first-order valence-electron chi connectivity index (χ1n) is 12.6. The van der Waals surface area contributed by atoms with Gasteiger partial charge in [-0.25, -0.2) is 0 Å². The van der Waals surface area contributed by atoms with Crippen LogP contribution < -0.4 is 11.1 Å². The normalized spacial score (nSPS) is 31.0. The first-order valence-corrected chi connectivity index (χ1v) is 12.6. The average molecular weight is 513 g/mol. The SMILES string of the molecule is CCc1cc(CNC(C)=O)c(O)c2c1C[C@H]1C[C@H]3[C@H](C(C)C)C(=O)C(C(N)=O)C(=O)[C@@]3(O)C(=O)C1C2=O. The quantitative estimate of drug-likeness (QED) is 0.409. The zero-order chi connectivity index (χ0) is 27.6. The van der Waals surface area contributed by atoms with Crippen LogP contribution in [-0.2, 0) is 43.4 Å². The summed E-state index contributed by atoms with van der Waals surface area (Å²) in [6.45, 7) is 6.59. The molecule has 10 nitrogen and oxygen atoms in total. The molecule has 0 radical (unpaired) electrons. The summed E-state index contributed by atoms with van der Waals surface area (Å²) < 4.78 is 0. The molecule has 198 valence electrons. The summed E-state index contributed by atoms with van der Waals surface area (Å²) in [7, 11) is 0. The number of carbonyl (C=O) groups excluding carboxylic acids is 6. The molecule has 37 heavy (non-hydrogen) atoms. The van der Waals surface area contributed by atoms with Crippen LogP contribution in [0.4, 0.5) is 0 Å². The van der Waals surface area contributed by atoms with Gasteiger partial charge in [0.25, 0.3) is 0 Å². The zero-order valence-corrected chi connectivity index (χ0v) is 21.3. The van der Waals surface area contributed by atoms with Gasteiger partial charge >= 0.3 is 0 Å². The molecule has 3 aliphatic carbocycles. The third-order valence-corrected chi connectivity index (χ3v) is 8.39. The van der Waals surface area contributed by atoms with Gasteiger partial charge in [-0.2, -0.15) is 0 Å². The van der Waals surface area contributed by atoms with Crippen molar-refractivity contribution >= 4 is 34.9 Å². The van der Waals surface area contributed by atoms with Crippen molar-refractivity contribution in [2.24, 2.45) is 41.2 Å². The monoisotopic (exact) mass is 512 g/mol. The van der Waals surface area contributed by atoms with E-state index in [0.29, 0.717) is 17.5 Å². The van der Waals surface area contributed by atoms with Gasteiger partial charge in [0.2, 0.25) is 11.8 Å². The number of ketones is 4. The minimum absolute atomic E-state index is 0.0280. The van der Waals surface area contributed by atoms with Gasteiger partial charge in [0.05, 0.1) is 11.5 Å². The maximum absolute atomic E-state index is 13.9. The largest absolute Gasteiger partial charge is 0.507 e. The molecule has 5 N–H and O–H groups in total. The molecule has 0 aromatic heterocycles. The zero-order valence-electron chi connectivity index (χ0n) is 21.3. The van der Waals surface area contributed by atoms with Crippen LogP contribution in [0.5, 0.6) is 5.75 Å². The van der Waals surface area contributed by atoms with Gasteiger partial charge in [0.15, 0.2) is 34.7 Å². The lowest BCUT2D eigenvalue weighted by Gasteiger charge is -2.52. The van der Waals surface area contributed by atoms with E-state index in [1.165, 1.54) is 6.92 Å². The topological polar surface area (TPSA) is 181 Å². The van der Waals surface area contributed by atoms with E-state index in [-0.39, 0.29) is 36.6 Å². The van der Waals surface area contributed by atoms with E-state index >= 15 is 0 Å². The fourth-order valence-electron chi connectivity index (χ4n) is 6.73. The summed E-state index contributed by atoms with van der Waals surface area (Å²) in [5.41, 5.74) is 4.25. The van der Waals surface area contributed by atoms with Crippen LogP contribution in [0.3, 0.4) is 0 Å². The molecule has 0 bridgehead atoms. The molecule has 1 aromatic rings. The van der Waals surface area contributed by atoms with Crippen LogP contribution in [0.2, 0.25) is 0 Å². The Morgan fingerprint density at radius 2 is 1.81 bits per heavy atom. The third-order valence-electron chi connectivity index (χ3n) is 8.39. The minimum Gasteiger partial charge on any atom is -0.507 e.